The number of ketones is 1. The number of thioether (sulfide) groups is 1. The van der Waals surface area contributed by atoms with Crippen LogP contribution >= 0.6 is 23.1 Å². The van der Waals surface area contributed by atoms with Crippen LogP contribution in [0.4, 0.5) is 5.13 Å². The first-order chi connectivity index (χ1) is 20.3. The molecule has 2 heterocycles. The van der Waals surface area contributed by atoms with Gasteiger partial charge < -0.3 is 19.3 Å². The zero-order valence-corrected chi connectivity index (χ0v) is 25.3. The van der Waals surface area contributed by atoms with Crippen molar-refractivity contribution in [1.82, 2.24) is 10.2 Å². The lowest BCUT2D eigenvalue weighted by molar-refractivity contribution is -0.132. The van der Waals surface area contributed by atoms with Crippen molar-refractivity contribution < 1.29 is 28.9 Å². The van der Waals surface area contributed by atoms with Gasteiger partial charge in [0.15, 0.2) is 15.8 Å². The van der Waals surface area contributed by atoms with Gasteiger partial charge in [-0.1, -0.05) is 71.1 Å². The van der Waals surface area contributed by atoms with Crippen LogP contribution in [0, 0.1) is 13.8 Å². The number of carbonyl (C=O) groups excluding carboxylic acids is 2. The SMILES string of the molecule is COc1cc(C2/C(=C(\O)c3cc(C)ccc3C)C(=O)C(=O)N2c2nnc(SCc3ccccc3)s2)cc(OC)c1OC. The highest BCUT2D eigenvalue weighted by Crippen LogP contribution is 2.48. The lowest BCUT2D eigenvalue weighted by Gasteiger charge is -2.24. The minimum Gasteiger partial charge on any atom is -0.507 e. The highest BCUT2D eigenvalue weighted by atomic mass is 32.2. The minimum absolute atomic E-state index is 0.0725. The van der Waals surface area contributed by atoms with E-state index in [9.17, 15) is 14.7 Å². The molecule has 0 radical (unpaired) electrons. The van der Waals surface area contributed by atoms with Crippen molar-refractivity contribution in [3.05, 3.63) is 94.1 Å². The highest BCUT2D eigenvalue weighted by Gasteiger charge is 2.49. The van der Waals surface area contributed by atoms with E-state index in [2.05, 4.69) is 10.2 Å². The number of nitrogens with zero attached hydrogens (tertiary/aromatic N) is 3. The van der Waals surface area contributed by atoms with Crippen molar-refractivity contribution in [3.63, 3.8) is 0 Å². The summed E-state index contributed by atoms with van der Waals surface area (Å²) in [6.07, 6.45) is 0. The Bertz CT molecular complexity index is 1660. The van der Waals surface area contributed by atoms with Crippen molar-refractivity contribution in [2.45, 2.75) is 30.0 Å². The maximum Gasteiger partial charge on any atom is 0.301 e. The van der Waals surface area contributed by atoms with Crippen LogP contribution < -0.4 is 19.1 Å². The van der Waals surface area contributed by atoms with Gasteiger partial charge in [-0.25, -0.2) is 0 Å². The molecule has 1 amide bonds. The van der Waals surface area contributed by atoms with Crippen LogP contribution in [0.15, 0.2) is 70.6 Å². The van der Waals surface area contributed by atoms with E-state index in [1.54, 1.807) is 18.2 Å². The molecule has 1 fully saturated rings. The number of Topliss-reactive ketones (excluding diaryl/α,β-unsaturated/α-hetero) is 1. The average Bonchev–Trinajstić information content (AvgIpc) is 3.58. The number of aromatic nitrogens is 2. The topological polar surface area (TPSA) is 111 Å². The molecular weight excluding hydrogens is 574 g/mol. The van der Waals surface area contributed by atoms with Crippen LogP contribution in [0.5, 0.6) is 17.2 Å². The van der Waals surface area contributed by atoms with Gasteiger partial charge in [-0.3, -0.25) is 14.5 Å². The number of aliphatic hydroxyl groups is 1. The van der Waals surface area contributed by atoms with Crippen molar-refractivity contribution >= 4 is 45.7 Å². The molecule has 3 aromatic carbocycles. The summed E-state index contributed by atoms with van der Waals surface area (Å²) in [5.74, 6) is -0.250. The monoisotopic (exact) mass is 603 g/mol. The molecule has 0 aliphatic carbocycles. The fraction of sp³-hybridized carbons (Fsp3) is 0.226. The number of amides is 1. The number of hydrogen-bond acceptors (Lipinski definition) is 10. The summed E-state index contributed by atoms with van der Waals surface area (Å²) in [4.78, 5) is 28.7. The van der Waals surface area contributed by atoms with E-state index in [-0.39, 0.29) is 16.5 Å². The molecule has 9 nitrogen and oxygen atoms in total. The second-order valence-electron chi connectivity index (χ2n) is 9.57. The molecule has 0 saturated carbocycles. The maximum absolute atomic E-state index is 13.7. The normalized spacial score (nSPS) is 16.1. The van der Waals surface area contributed by atoms with E-state index in [1.165, 1.54) is 49.3 Å². The van der Waals surface area contributed by atoms with Crippen LogP contribution in [-0.4, -0.2) is 48.3 Å². The number of methoxy groups -OCH3 is 3. The molecule has 11 heteroatoms. The smallest absolute Gasteiger partial charge is 0.301 e. The molecule has 4 aromatic rings. The number of anilines is 1. The first kappa shape index (κ1) is 29.2. The lowest BCUT2D eigenvalue weighted by atomic mass is 9.93. The van der Waals surface area contributed by atoms with E-state index in [0.29, 0.717) is 38.5 Å². The van der Waals surface area contributed by atoms with Gasteiger partial charge >= 0.3 is 5.91 Å². The molecule has 216 valence electrons. The predicted octanol–water partition coefficient (Wildman–Crippen LogP) is 6.10. The zero-order valence-electron chi connectivity index (χ0n) is 23.7. The molecule has 42 heavy (non-hydrogen) atoms. The van der Waals surface area contributed by atoms with Crippen molar-refractivity contribution in [1.29, 1.82) is 0 Å². The fourth-order valence-corrected chi connectivity index (χ4v) is 6.64. The van der Waals surface area contributed by atoms with Crippen LogP contribution in [-0.2, 0) is 15.3 Å². The Balaban J connectivity index is 1.66. The van der Waals surface area contributed by atoms with E-state index >= 15 is 0 Å². The number of aliphatic hydroxyl groups excluding tert-OH is 1. The third-order valence-electron chi connectivity index (χ3n) is 6.90. The van der Waals surface area contributed by atoms with Gasteiger partial charge in [-0.05, 0) is 48.7 Å². The van der Waals surface area contributed by atoms with E-state index in [0.717, 1.165) is 16.7 Å². The molecule has 1 aromatic heterocycles. The first-order valence-corrected chi connectivity index (χ1v) is 14.8. The second-order valence-corrected chi connectivity index (χ2v) is 11.7. The lowest BCUT2D eigenvalue weighted by Crippen LogP contribution is -2.29. The van der Waals surface area contributed by atoms with Gasteiger partial charge in [0.05, 0.1) is 32.9 Å². The number of carbonyl (C=O) groups is 2. The van der Waals surface area contributed by atoms with Gasteiger partial charge in [-0.15, -0.1) is 10.2 Å². The third-order valence-corrected chi connectivity index (χ3v) is 9.03. The number of aryl methyl sites for hydroxylation is 2. The summed E-state index contributed by atoms with van der Waals surface area (Å²) in [5.41, 5.74) is 3.61. The standard InChI is InChI=1S/C31H29N3O6S2/c1-17-11-12-18(2)21(13-17)26(35)24-25(20-14-22(38-3)28(40-5)23(15-20)39-4)34(29(37)27(24)36)30-32-33-31(42-30)41-16-19-9-7-6-8-10-19/h6-15,25,35H,16H2,1-5H3/b26-24+. The summed E-state index contributed by atoms with van der Waals surface area (Å²) in [5, 5.41) is 20.5. The summed E-state index contributed by atoms with van der Waals surface area (Å²) >= 11 is 2.68. The Labute approximate surface area is 251 Å². The van der Waals surface area contributed by atoms with Crippen LogP contribution in [0.1, 0.15) is 33.9 Å². The fourth-order valence-electron chi connectivity index (χ4n) is 4.82. The quantitative estimate of drug-likeness (QED) is 0.0798. The maximum atomic E-state index is 13.7. The van der Waals surface area contributed by atoms with Gasteiger partial charge in [0.25, 0.3) is 5.78 Å². The van der Waals surface area contributed by atoms with Gasteiger partial charge in [-0.2, -0.15) is 0 Å². The Hall–Kier alpha value is -4.35. The zero-order chi connectivity index (χ0) is 30.0. The molecule has 1 atom stereocenters. The van der Waals surface area contributed by atoms with Crippen LogP contribution in [0.3, 0.4) is 0 Å². The summed E-state index contributed by atoms with van der Waals surface area (Å²) in [6.45, 7) is 3.72. The van der Waals surface area contributed by atoms with Crippen molar-refractivity contribution in [2.75, 3.05) is 26.2 Å². The molecule has 1 aliphatic rings. The largest absolute Gasteiger partial charge is 0.507 e. The highest BCUT2D eigenvalue weighted by molar-refractivity contribution is 8.00. The Morgan fingerprint density at radius 2 is 1.64 bits per heavy atom. The van der Waals surface area contributed by atoms with Crippen molar-refractivity contribution in [3.8, 4) is 17.2 Å². The number of benzene rings is 3. The molecule has 1 aliphatic heterocycles. The van der Waals surface area contributed by atoms with E-state index < -0.39 is 17.7 Å². The predicted molar refractivity (Wildman–Crippen MR) is 163 cm³/mol. The van der Waals surface area contributed by atoms with Gasteiger partial charge in [0.1, 0.15) is 5.76 Å². The Kier molecular flexibility index (Phi) is 8.51. The Morgan fingerprint density at radius 1 is 0.952 bits per heavy atom. The number of rotatable bonds is 9. The van der Waals surface area contributed by atoms with Crippen LogP contribution in [0.25, 0.3) is 5.76 Å². The summed E-state index contributed by atoms with van der Waals surface area (Å²) in [7, 11) is 4.45. The number of ether oxygens (including phenoxy) is 3. The summed E-state index contributed by atoms with van der Waals surface area (Å²) < 4.78 is 17.3. The third kappa shape index (κ3) is 5.45. The van der Waals surface area contributed by atoms with Crippen LogP contribution in [0.2, 0.25) is 0 Å². The molecule has 1 saturated heterocycles. The molecular formula is C31H29N3O6S2. The molecule has 5 rings (SSSR count). The van der Waals surface area contributed by atoms with Gasteiger partial charge in [0.2, 0.25) is 10.9 Å². The Morgan fingerprint density at radius 3 is 2.29 bits per heavy atom. The average molecular weight is 604 g/mol. The molecule has 1 N–H and O–H groups in total. The van der Waals surface area contributed by atoms with E-state index in [4.69, 9.17) is 14.2 Å². The first-order valence-electron chi connectivity index (χ1n) is 13.0. The van der Waals surface area contributed by atoms with Gasteiger partial charge in [0, 0.05) is 11.3 Å². The van der Waals surface area contributed by atoms with Crippen molar-refractivity contribution in [2.24, 2.45) is 0 Å². The molecule has 0 bridgehead atoms. The van der Waals surface area contributed by atoms with E-state index in [1.807, 2.05) is 56.3 Å². The minimum atomic E-state index is -1.04. The second kappa shape index (κ2) is 12.3. The summed E-state index contributed by atoms with van der Waals surface area (Å²) in [6, 6.07) is 17.8. The molecule has 1 unspecified atom stereocenters. The molecule has 0 spiro atoms. The number of hydrogen-bond donors (Lipinski definition) is 1.